The maximum Gasteiger partial charge on any atom is 0.0623 e. The fourth-order valence-electron chi connectivity index (χ4n) is 2.73. The van der Waals surface area contributed by atoms with Crippen LogP contribution in [0.1, 0.15) is 53.9 Å². The standard InChI is InChI=1S/C16H33NO2/c1-13(2)11-17-12-16(9-10-19-14(16)3)8-7-15(4,5)18-6/h13-14,17H,7-12H2,1-6H3. The summed E-state index contributed by atoms with van der Waals surface area (Å²) in [7, 11) is 1.80. The van der Waals surface area contributed by atoms with Crippen molar-refractivity contribution in [3.63, 3.8) is 0 Å². The Hall–Kier alpha value is -0.120. The number of methoxy groups -OCH3 is 1. The van der Waals surface area contributed by atoms with Crippen LogP contribution in [0.3, 0.4) is 0 Å². The molecule has 1 aliphatic rings. The van der Waals surface area contributed by atoms with E-state index in [4.69, 9.17) is 9.47 Å². The van der Waals surface area contributed by atoms with Crippen molar-refractivity contribution in [2.45, 2.75) is 65.6 Å². The van der Waals surface area contributed by atoms with Gasteiger partial charge in [-0.3, -0.25) is 0 Å². The van der Waals surface area contributed by atoms with Gasteiger partial charge in [-0.05, 0) is 52.5 Å². The first kappa shape index (κ1) is 16.9. The highest BCUT2D eigenvalue weighted by Gasteiger charge is 2.41. The minimum absolute atomic E-state index is 0.0344. The molecule has 0 amide bonds. The second-order valence-corrected chi connectivity index (χ2v) is 7.11. The molecule has 3 nitrogen and oxygen atoms in total. The molecule has 0 spiro atoms. The van der Waals surface area contributed by atoms with E-state index in [1.807, 2.05) is 0 Å². The molecule has 19 heavy (non-hydrogen) atoms. The Kier molecular flexibility index (Phi) is 6.28. The zero-order valence-corrected chi connectivity index (χ0v) is 13.7. The van der Waals surface area contributed by atoms with Crippen molar-refractivity contribution >= 4 is 0 Å². The highest BCUT2D eigenvalue weighted by Crippen LogP contribution is 2.40. The van der Waals surface area contributed by atoms with Gasteiger partial charge in [-0.2, -0.15) is 0 Å². The molecule has 3 heteroatoms. The van der Waals surface area contributed by atoms with Gasteiger partial charge in [-0.1, -0.05) is 13.8 Å². The van der Waals surface area contributed by atoms with Gasteiger partial charge in [0.15, 0.2) is 0 Å². The fraction of sp³-hybridized carbons (Fsp3) is 1.00. The quantitative estimate of drug-likeness (QED) is 0.735. The Morgan fingerprint density at radius 2 is 2.11 bits per heavy atom. The third-order valence-electron chi connectivity index (χ3n) is 4.64. The number of rotatable bonds is 8. The zero-order chi connectivity index (χ0) is 14.5. The summed E-state index contributed by atoms with van der Waals surface area (Å²) in [4.78, 5) is 0. The highest BCUT2D eigenvalue weighted by molar-refractivity contribution is 4.93. The summed E-state index contributed by atoms with van der Waals surface area (Å²) in [6.45, 7) is 14.1. The summed E-state index contributed by atoms with van der Waals surface area (Å²) in [6.07, 6.45) is 3.76. The zero-order valence-electron chi connectivity index (χ0n) is 13.7. The third-order valence-corrected chi connectivity index (χ3v) is 4.64. The SMILES string of the molecule is COC(C)(C)CCC1(CNCC(C)C)CCOC1C. The van der Waals surface area contributed by atoms with Crippen molar-refractivity contribution in [3.05, 3.63) is 0 Å². The summed E-state index contributed by atoms with van der Waals surface area (Å²) in [5.41, 5.74) is 0.248. The molecule has 1 N–H and O–H groups in total. The van der Waals surface area contributed by atoms with Gasteiger partial charge in [0, 0.05) is 25.7 Å². The third kappa shape index (κ3) is 5.05. The van der Waals surface area contributed by atoms with Crippen LogP contribution in [0.2, 0.25) is 0 Å². The van der Waals surface area contributed by atoms with Gasteiger partial charge in [0.1, 0.15) is 0 Å². The number of hydrogen-bond donors (Lipinski definition) is 1. The molecule has 0 saturated carbocycles. The smallest absolute Gasteiger partial charge is 0.0623 e. The molecule has 1 saturated heterocycles. The molecule has 0 radical (unpaired) electrons. The highest BCUT2D eigenvalue weighted by atomic mass is 16.5. The predicted octanol–water partition coefficient (Wildman–Crippen LogP) is 3.23. The van der Waals surface area contributed by atoms with Crippen LogP contribution in [-0.4, -0.2) is 38.5 Å². The van der Waals surface area contributed by atoms with Crippen LogP contribution in [0.4, 0.5) is 0 Å². The van der Waals surface area contributed by atoms with Crippen LogP contribution in [0.25, 0.3) is 0 Å². The lowest BCUT2D eigenvalue weighted by Crippen LogP contribution is -2.42. The van der Waals surface area contributed by atoms with Gasteiger partial charge in [0.25, 0.3) is 0 Å². The van der Waals surface area contributed by atoms with Crippen LogP contribution >= 0.6 is 0 Å². The van der Waals surface area contributed by atoms with Crippen LogP contribution in [0.5, 0.6) is 0 Å². The monoisotopic (exact) mass is 271 g/mol. The lowest BCUT2D eigenvalue weighted by Gasteiger charge is -2.36. The Morgan fingerprint density at radius 1 is 1.42 bits per heavy atom. The first-order valence-electron chi connectivity index (χ1n) is 7.69. The van der Waals surface area contributed by atoms with Gasteiger partial charge in [-0.15, -0.1) is 0 Å². The maximum absolute atomic E-state index is 5.84. The molecule has 0 aliphatic carbocycles. The van der Waals surface area contributed by atoms with Gasteiger partial charge >= 0.3 is 0 Å². The van der Waals surface area contributed by atoms with E-state index in [-0.39, 0.29) is 11.0 Å². The van der Waals surface area contributed by atoms with Crippen molar-refractivity contribution in [3.8, 4) is 0 Å². The van der Waals surface area contributed by atoms with Crippen molar-refractivity contribution in [1.29, 1.82) is 0 Å². The topological polar surface area (TPSA) is 30.5 Å². The average molecular weight is 271 g/mol. The number of hydrogen-bond acceptors (Lipinski definition) is 3. The van der Waals surface area contributed by atoms with Gasteiger partial charge < -0.3 is 14.8 Å². The number of ether oxygens (including phenoxy) is 2. The van der Waals surface area contributed by atoms with E-state index in [1.165, 1.54) is 12.8 Å². The lowest BCUT2D eigenvalue weighted by molar-refractivity contribution is -0.00749. The molecular formula is C16H33NO2. The maximum atomic E-state index is 5.84. The molecule has 0 aromatic heterocycles. The molecule has 1 rings (SSSR count). The normalized spacial score (nSPS) is 28.3. The van der Waals surface area contributed by atoms with Gasteiger partial charge in [0.2, 0.25) is 0 Å². The van der Waals surface area contributed by atoms with E-state index < -0.39 is 0 Å². The summed E-state index contributed by atoms with van der Waals surface area (Å²) >= 11 is 0. The van der Waals surface area contributed by atoms with Gasteiger partial charge in [0.05, 0.1) is 11.7 Å². The minimum atomic E-state index is -0.0344. The second-order valence-electron chi connectivity index (χ2n) is 7.11. The van der Waals surface area contributed by atoms with E-state index in [0.717, 1.165) is 26.1 Å². The summed E-state index contributed by atoms with van der Waals surface area (Å²) in [5.74, 6) is 0.699. The van der Waals surface area contributed by atoms with E-state index in [1.54, 1.807) is 7.11 Å². The largest absolute Gasteiger partial charge is 0.379 e. The minimum Gasteiger partial charge on any atom is -0.379 e. The van der Waals surface area contributed by atoms with Crippen molar-refractivity contribution in [2.24, 2.45) is 11.3 Å². The number of nitrogens with one attached hydrogen (secondary N) is 1. The van der Waals surface area contributed by atoms with Crippen LogP contribution < -0.4 is 5.32 Å². The average Bonchev–Trinajstić information content (AvgIpc) is 2.69. The molecule has 2 atom stereocenters. The first-order chi connectivity index (χ1) is 8.81. The van der Waals surface area contributed by atoms with E-state index in [2.05, 4.69) is 39.9 Å². The van der Waals surface area contributed by atoms with Crippen molar-refractivity contribution in [1.82, 2.24) is 5.32 Å². The predicted molar refractivity (Wildman–Crippen MR) is 80.5 cm³/mol. The Balaban J connectivity index is 2.56. The van der Waals surface area contributed by atoms with E-state index >= 15 is 0 Å². The summed E-state index contributed by atoms with van der Waals surface area (Å²) in [6, 6.07) is 0. The van der Waals surface area contributed by atoms with E-state index in [0.29, 0.717) is 12.0 Å². The second kappa shape index (κ2) is 7.05. The molecule has 0 bridgehead atoms. The Labute approximate surface area is 119 Å². The van der Waals surface area contributed by atoms with Crippen LogP contribution in [-0.2, 0) is 9.47 Å². The molecule has 2 unspecified atom stereocenters. The molecular weight excluding hydrogens is 238 g/mol. The molecule has 1 fully saturated rings. The van der Waals surface area contributed by atoms with Crippen molar-refractivity contribution in [2.75, 3.05) is 26.8 Å². The van der Waals surface area contributed by atoms with Gasteiger partial charge in [-0.25, -0.2) is 0 Å². The first-order valence-corrected chi connectivity index (χ1v) is 7.69. The van der Waals surface area contributed by atoms with Crippen LogP contribution in [0, 0.1) is 11.3 Å². The summed E-state index contributed by atoms with van der Waals surface area (Å²) < 4.78 is 11.4. The molecule has 1 heterocycles. The molecule has 0 aromatic rings. The molecule has 1 aliphatic heterocycles. The summed E-state index contributed by atoms with van der Waals surface area (Å²) in [5, 5.41) is 3.63. The van der Waals surface area contributed by atoms with E-state index in [9.17, 15) is 0 Å². The van der Waals surface area contributed by atoms with Crippen LogP contribution in [0.15, 0.2) is 0 Å². The lowest BCUT2D eigenvalue weighted by atomic mass is 9.75. The Bertz CT molecular complexity index is 265. The van der Waals surface area contributed by atoms with Crippen molar-refractivity contribution < 1.29 is 9.47 Å². The fourth-order valence-corrected chi connectivity index (χ4v) is 2.73. The molecule has 0 aromatic carbocycles. The Morgan fingerprint density at radius 3 is 2.58 bits per heavy atom. The molecule has 114 valence electrons.